The summed E-state index contributed by atoms with van der Waals surface area (Å²) in [4.78, 5) is 6.64. The van der Waals surface area contributed by atoms with E-state index in [1.165, 1.54) is 38.0 Å². The molecule has 21 heavy (non-hydrogen) atoms. The number of piperidine rings is 1. The van der Waals surface area contributed by atoms with E-state index < -0.39 is 0 Å². The second kappa shape index (κ2) is 7.34. The Kier molecular flexibility index (Phi) is 5.22. The third-order valence-electron chi connectivity index (χ3n) is 4.93. The van der Waals surface area contributed by atoms with Crippen LogP contribution in [0.1, 0.15) is 25.3 Å². The molecule has 2 atom stereocenters. The van der Waals surface area contributed by atoms with E-state index in [9.17, 15) is 0 Å². The molecule has 3 rings (SSSR count). The van der Waals surface area contributed by atoms with Gasteiger partial charge in [0, 0.05) is 30.4 Å². The average molecular weight is 289 g/mol. The number of likely N-dealkylation sites (tertiary alicyclic amines) is 1. The molecule has 1 aromatic rings. The van der Waals surface area contributed by atoms with Crippen LogP contribution in [0.3, 0.4) is 0 Å². The zero-order valence-corrected chi connectivity index (χ0v) is 13.0. The number of nitrogens with one attached hydrogen (secondary N) is 1. The van der Waals surface area contributed by atoms with Gasteiger partial charge in [-0.3, -0.25) is 4.98 Å². The molecule has 4 heteroatoms. The van der Waals surface area contributed by atoms with Crippen LogP contribution >= 0.6 is 0 Å². The van der Waals surface area contributed by atoms with Crippen LogP contribution in [0.4, 0.5) is 0 Å². The summed E-state index contributed by atoms with van der Waals surface area (Å²) >= 11 is 0. The molecule has 1 N–H and O–H groups in total. The van der Waals surface area contributed by atoms with Gasteiger partial charge in [-0.2, -0.15) is 0 Å². The first kappa shape index (κ1) is 14.9. The molecule has 0 saturated carbocycles. The van der Waals surface area contributed by atoms with Gasteiger partial charge in [-0.1, -0.05) is 6.92 Å². The summed E-state index contributed by atoms with van der Waals surface area (Å²) in [5.74, 6) is 0.594. The summed E-state index contributed by atoms with van der Waals surface area (Å²) in [5, 5.41) is 3.87. The van der Waals surface area contributed by atoms with Gasteiger partial charge in [-0.25, -0.2) is 0 Å². The molecule has 1 aromatic heterocycles. The number of hydrogen-bond acceptors (Lipinski definition) is 4. The Labute approximate surface area is 127 Å². The highest BCUT2D eigenvalue weighted by molar-refractivity contribution is 5.11. The largest absolute Gasteiger partial charge is 0.379 e. The average Bonchev–Trinajstić information content (AvgIpc) is 2.96. The first-order valence-electron chi connectivity index (χ1n) is 8.30. The highest BCUT2D eigenvalue weighted by Crippen LogP contribution is 2.21. The zero-order chi connectivity index (χ0) is 14.5. The number of rotatable bonds is 5. The summed E-state index contributed by atoms with van der Waals surface area (Å²) < 4.78 is 5.74. The van der Waals surface area contributed by atoms with Crippen LogP contribution < -0.4 is 5.32 Å². The lowest BCUT2D eigenvalue weighted by molar-refractivity contribution is 0.173. The SMILES string of the molecule is CCN1CCC(N[C@@H]2COC[C@H]2Cc2ccncc2)CC1. The Morgan fingerprint density at radius 1 is 1.24 bits per heavy atom. The van der Waals surface area contributed by atoms with E-state index >= 15 is 0 Å². The van der Waals surface area contributed by atoms with Crippen LogP contribution in [0, 0.1) is 5.92 Å². The first-order valence-corrected chi connectivity index (χ1v) is 8.30. The van der Waals surface area contributed by atoms with Crippen molar-refractivity contribution < 1.29 is 4.74 Å². The van der Waals surface area contributed by atoms with E-state index in [2.05, 4.69) is 34.3 Å². The minimum atomic E-state index is 0.511. The summed E-state index contributed by atoms with van der Waals surface area (Å²) in [6.45, 7) is 7.65. The first-order chi connectivity index (χ1) is 10.3. The van der Waals surface area contributed by atoms with E-state index in [1.807, 2.05) is 12.4 Å². The fourth-order valence-electron chi connectivity index (χ4n) is 3.52. The minimum absolute atomic E-state index is 0.511. The van der Waals surface area contributed by atoms with E-state index in [4.69, 9.17) is 4.74 Å². The lowest BCUT2D eigenvalue weighted by Gasteiger charge is -2.34. The second-order valence-corrected chi connectivity index (χ2v) is 6.34. The van der Waals surface area contributed by atoms with Gasteiger partial charge in [-0.15, -0.1) is 0 Å². The molecule has 2 aliphatic heterocycles. The summed E-state index contributed by atoms with van der Waals surface area (Å²) in [6, 6.07) is 5.42. The van der Waals surface area contributed by atoms with Crippen LogP contribution in [0.2, 0.25) is 0 Å². The fourth-order valence-corrected chi connectivity index (χ4v) is 3.52. The number of aromatic nitrogens is 1. The Morgan fingerprint density at radius 3 is 2.71 bits per heavy atom. The molecule has 0 radical (unpaired) electrons. The lowest BCUT2D eigenvalue weighted by atomic mass is 9.93. The zero-order valence-electron chi connectivity index (χ0n) is 13.0. The predicted octanol–water partition coefficient (Wildman–Crippen LogP) is 1.71. The highest BCUT2D eigenvalue weighted by Gasteiger charge is 2.31. The molecule has 0 spiro atoms. The van der Waals surface area contributed by atoms with E-state index in [1.54, 1.807) is 0 Å². The van der Waals surface area contributed by atoms with Crippen molar-refractivity contribution in [1.82, 2.24) is 15.2 Å². The highest BCUT2D eigenvalue weighted by atomic mass is 16.5. The molecule has 0 amide bonds. The molecule has 0 aromatic carbocycles. The Balaban J connectivity index is 1.50. The number of pyridine rings is 1. The van der Waals surface area contributed by atoms with Gasteiger partial charge < -0.3 is 15.0 Å². The second-order valence-electron chi connectivity index (χ2n) is 6.34. The van der Waals surface area contributed by atoms with Gasteiger partial charge >= 0.3 is 0 Å². The van der Waals surface area contributed by atoms with Gasteiger partial charge in [0.2, 0.25) is 0 Å². The van der Waals surface area contributed by atoms with Gasteiger partial charge in [0.1, 0.15) is 0 Å². The van der Waals surface area contributed by atoms with Crippen molar-refractivity contribution >= 4 is 0 Å². The van der Waals surface area contributed by atoms with Gasteiger partial charge in [-0.05, 0) is 56.6 Å². The minimum Gasteiger partial charge on any atom is -0.379 e. The Bertz CT molecular complexity index is 417. The molecule has 3 heterocycles. The number of ether oxygens (including phenoxy) is 1. The van der Waals surface area contributed by atoms with E-state index in [0.717, 1.165) is 19.6 Å². The summed E-state index contributed by atoms with van der Waals surface area (Å²) in [5.41, 5.74) is 1.37. The molecular weight excluding hydrogens is 262 g/mol. The monoisotopic (exact) mass is 289 g/mol. The van der Waals surface area contributed by atoms with Crippen LogP contribution in [0.15, 0.2) is 24.5 Å². The number of hydrogen-bond donors (Lipinski definition) is 1. The summed E-state index contributed by atoms with van der Waals surface area (Å²) in [6.07, 6.45) is 7.40. The topological polar surface area (TPSA) is 37.4 Å². The molecule has 2 aliphatic rings. The normalized spacial score (nSPS) is 28.0. The maximum atomic E-state index is 5.74. The van der Waals surface area contributed by atoms with E-state index in [-0.39, 0.29) is 0 Å². The maximum absolute atomic E-state index is 5.74. The van der Waals surface area contributed by atoms with Crippen molar-refractivity contribution in [1.29, 1.82) is 0 Å². The third-order valence-corrected chi connectivity index (χ3v) is 4.93. The Morgan fingerprint density at radius 2 is 2.00 bits per heavy atom. The molecule has 0 unspecified atom stereocenters. The molecule has 0 bridgehead atoms. The molecule has 2 saturated heterocycles. The molecular formula is C17H27N3O. The lowest BCUT2D eigenvalue weighted by Crippen LogP contribution is -2.48. The fraction of sp³-hybridized carbons (Fsp3) is 0.706. The van der Waals surface area contributed by atoms with Crippen LogP contribution in [-0.4, -0.2) is 54.8 Å². The van der Waals surface area contributed by atoms with Crippen molar-refractivity contribution in [2.45, 2.75) is 38.3 Å². The van der Waals surface area contributed by atoms with Crippen molar-refractivity contribution in [2.75, 3.05) is 32.8 Å². The molecule has 0 aliphatic carbocycles. The van der Waals surface area contributed by atoms with Gasteiger partial charge in [0.25, 0.3) is 0 Å². The Hall–Kier alpha value is -0.970. The maximum Gasteiger partial charge on any atom is 0.0623 e. The molecule has 116 valence electrons. The number of nitrogens with zero attached hydrogens (tertiary/aromatic N) is 2. The van der Waals surface area contributed by atoms with Crippen LogP contribution in [0.5, 0.6) is 0 Å². The van der Waals surface area contributed by atoms with E-state index in [0.29, 0.717) is 18.0 Å². The molecule has 2 fully saturated rings. The standard InChI is InChI=1S/C17H27N3O/c1-2-20-9-5-16(6-10-20)19-17-13-21-12-15(17)11-14-3-7-18-8-4-14/h3-4,7-8,15-17,19H,2,5-6,9-13H2,1H3/t15-,17-/m1/s1. The van der Waals surface area contributed by atoms with Crippen LogP contribution in [-0.2, 0) is 11.2 Å². The van der Waals surface area contributed by atoms with Gasteiger partial charge in [0.15, 0.2) is 0 Å². The van der Waals surface area contributed by atoms with Gasteiger partial charge in [0.05, 0.1) is 13.2 Å². The third kappa shape index (κ3) is 4.02. The smallest absolute Gasteiger partial charge is 0.0623 e. The predicted molar refractivity (Wildman–Crippen MR) is 84.3 cm³/mol. The summed E-state index contributed by atoms with van der Waals surface area (Å²) in [7, 11) is 0. The van der Waals surface area contributed by atoms with Crippen molar-refractivity contribution in [3.63, 3.8) is 0 Å². The van der Waals surface area contributed by atoms with Crippen molar-refractivity contribution in [2.24, 2.45) is 5.92 Å². The quantitative estimate of drug-likeness (QED) is 0.895. The van der Waals surface area contributed by atoms with Crippen molar-refractivity contribution in [3.05, 3.63) is 30.1 Å². The molecule has 4 nitrogen and oxygen atoms in total. The van der Waals surface area contributed by atoms with Crippen LogP contribution in [0.25, 0.3) is 0 Å². The van der Waals surface area contributed by atoms with Crippen molar-refractivity contribution in [3.8, 4) is 0 Å².